The van der Waals surface area contributed by atoms with Crippen LogP contribution in [-0.2, 0) is 4.79 Å². The molecule has 132 valence electrons. The van der Waals surface area contributed by atoms with Crippen molar-refractivity contribution in [3.63, 3.8) is 0 Å². The zero-order chi connectivity index (χ0) is 17.2. The number of hydrogen-bond donors (Lipinski definition) is 0. The van der Waals surface area contributed by atoms with E-state index >= 15 is 0 Å². The summed E-state index contributed by atoms with van der Waals surface area (Å²) in [7, 11) is 0. The monoisotopic (exact) mass is 339 g/mol. The molecule has 1 aliphatic heterocycles. The van der Waals surface area contributed by atoms with E-state index in [-0.39, 0.29) is 11.8 Å². The Morgan fingerprint density at radius 3 is 2.76 bits per heavy atom. The molecule has 3 heterocycles. The predicted molar refractivity (Wildman–Crippen MR) is 94.4 cm³/mol. The Morgan fingerprint density at radius 1 is 1.16 bits per heavy atom. The van der Waals surface area contributed by atoms with Crippen molar-refractivity contribution in [3.8, 4) is 5.82 Å². The van der Waals surface area contributed by atoms with Crippen LogP contribution in [0.25, 0.3) is 5.82 Å². The maximum absolute atomic E-state index is 12.8. The molecule has 0 radical (unpaired) electrons. The number of piperidine rings is 1. The first-order chi connectivity index (χ1) is 12.2. The van der Waals surface area contributed by atoms with E-state index in [1.54, 1.807) is 12.4 Å². The standard InChI is InChI=1S/C19H25N5O/c1-14-21-8-10-24(14)18-12-20-11-17(22-18)16-7-4-9-23(13-16)19(25)15-5-2-3-6-15/h8,10-12,15-16H,2-7,9,13H2,1H3. The van der Waals surface area contributed by atoms with Crippen LogP contribution in [0.15, 0.2) is 24.8 Å². The van der Waals surface area contributed by atoms with Gasteiger partial charge in [-0.2, -0.15) is 0 Å². The molecule has 2 aliphatic rings. The van der Waals surface area contributed by atoms with Gasteiger partial charge in [-0.3, -0.25) is 14.3 Å². The van der Waals surface area contributed by atoms with Gasteiger partial charge in [0.15, 0.2) is 5.82 Å². The molecule has 1 amide bonds. The molecule has 0 spiro atoms. The molecule has 1 unspecified atom stereocenters. The molecule has 2 aromatic heterocycles. The van der Waals surface area contributed by atoms with Crippen LogP contribution >= 0.6 is 0 Å². The smallest absolute Gasteiger partial charge is 0.225 e. The minimum absolute atomic E-state index is 0.254. The second kappa shape index (κ2) is 6.94. The number of nitrogens with zero attached hydrogens (tertiary/aromatic N) is 5. The minimum Gasteiger partial charge on any atom is -0.342 e. The quantitative estimate of drug-likeness (QED) is 0.862. The molecule has 4 rings (SSSR count). The maximum Gasteiger partial charge on any atom is 0.225 e. The number of imidazole rings is 1. The summed E-state index contributed by atoms with van der Waals surface area (Å²) in [5.41, 5.74) is 0.981. The normalized spacial score (nSPS) is 21.6. The van der Waals surface area contributed by atoms with Crippen LogP contribution in [0.1, 0.15) is 56.0 Å². The van der Waals surface area contributed by atoms with Gasteiger partial charge in [0.1, 0.15) is 5.82 Å². The van der Waals surface area contributed by atoms with E-state index in [2.05, 4.69) is 14.9 Å². The average Bonchev–Trinajstić information content (AvgIpc) is 3.33. The van der Waals surface area contributed by atoms with Crippen LogP contribution in [-0.4, -0.2) is 43.4 Å². The lowest BCUT2D eigenvalue weighted by Crippen LogP contribution is -2.42. The van der Waals surface area contributed by atoms with Crippen molar-refractivity contribution < 1.29 is 4.79 Å². The van der Waals surface area contributed by atoms with Crippen molar-refractivity contribution in [2.45, 2.75) is 51.4 Å². The van der Waals surface area contributed by atoms with Crippen LogP contribution in [0.4, 0.5) is 0 Å². The topological polar surface area (TPSA) is 63.9 Å². The van der Waals surface area contributed by atoms with Gasteiger partial charge in [-0.25, -0.2) is 9.97 Å². The highest BCUT2D eigenvalue weighted by molar-refractivity contribution is 5.79. The Labute approximate surface area is 148 Å². The molecule has 2 aromatic rings. The third kappa shape index (κ3) is 3.30. The Balaban J connectivity index is 1.51. The maximum atomic E-state index is 12.8. The van der Waals surface area contributed by atoms with Gasteiger partial charge in [-0.05, 0) is 32.6 Å². The first-order valence-corrected chi connectivity index (χ1v) is 9.33. The van der Waals surface area contributed by atoms with Crippen molar-refractivity contribution in [1.29, 1.82) is 0 Å². The molecule has 6 heteroatoms. The number of likely N-dealkylation sites (tertiary alicyclic amines) is 1. The van der Waals surface area contributed by atoms with Crippen LogP contribution in [0.2, 0.25) is 0 Å². The molecule has 0 bridgehead atoms. The summed E-state index contributed by atoms with van der Waals surface area (Å²) in [5, 5.41) is 0. The van der Waals surface area contributed by atoms with E-state index in [4.69, 9.17) is 4.98 Å². The van der Waals surface area contributed by atoms with Crippen molar-refractivity contribution in [3.05, 3.63) is 36.3 Å². The fourth-order valence-electron chi connectivity index (χ4n) is 4.15. The van der Waals surface area contributed by atoms with Crippen LogP contribution in [0.5, 0.6) is 0 Å². The highest BCUT2D eigenvalue weighted by Crippen LogP contribution is 2.31. The molecule has 25 heavy (non-hydrogen) atoms. The zero-order valence-electron chi connectivity index (χ0n) is 14.8. The zero-order valence-corrected chi connectivity index (χ0v) is 14.8. The second-order valence-corrected chi connectivity index (χ2v) is 7.25. The Bertz CT molecular complexity index is 750. The fraction of sp³-hybridized carbons (Fsp3) is 0.579. The highest BCUT2D eigenvalue weighted by atomic mass is 16.2. The predicted octanol–water partition coefficient (Wildman–Crippen LogP) is 2.87. The second-order valence-electron chi connectivity index (χ2n) is 7.25. The van der Waals surface area contributed by atoms with E-state index in [0.717, 1.165) is 56.1 Å². The molecule has 6 nitrogen and oxygen atoms in total. The SMILES string of the molecule is Cc1nccn1-c1cncc(C2CCCN(C(=O)C3CCCC3)C2)n1. The van der Waals surface area contributed by atoms with Crippen LogP contribution in [0.3, 0.4) is 0 Å². The molecule has 1 saturated carbocycles. The first-order valence-electron chi connectivity index (χ1n) is 9.33. The van der Waals surface area contributed by atoms with E-state index < -0.39 is 0 Å². The Kier molecular flexibility index (Phi) is 4.51. The number of amides is 1. The van der Waals surface area contributed by atoms with Crippen molar-refractivity contribution in [1.82, 2.24) is 24.4 Å². The number of aromatic nitrogens is 4. The summed E-state index contributed by atoms with van der Waals surface area (Å²) in [6.07, 6.45) is 13.9. The largest absolute Gasteiger partial charge is 0.342 e. The van der Waals surface area contributed by atoms with Gasteiger partial charge in [-0.1, -0.05) is 12.8 Å². The average molecular weight is 339 g/mol. The van der Waals surface area contributed by atoms with E-state index in [9.17, 15) is 4.79 Å². The molecule has 1 aliphatic carbocycles. The summed E-state index contributed by atoms with van der Waals surface area (Å²) < 4.78 is 1.95. The van der Waals surface area contributed by atoms with Gasteiger partial charge in [0.25, 0.3) is 0 Å². The number of rotatable bonds is 3. The third-order valence-corrected chi connectivity index (χ3v) is 5.57. The Morgan fingerprint density at radius 2 is 2.00 bits per heavy atom. The molecule has 1 atom stereocenters. The summed E-state index contributed by atoms with van der Waals surface area (Å²) in [6.45, 7) is 3.62. The molecule has 0 N–H and O–H groups in total. The summed E-state index contributed by atoms with van der Waals surface area (Å²) in [4.78, 5) is 28.3. The molecule has 0 aromatic carbocycles. The fourth-order valence-corrected chi connectivity index (χ4v) is 4.15. The lowest BCUT2D eigenvalue weighted by molar-refractivity contribution is -0.136. The van der Waals surface area contributed by atoms with E-state index in [1.165, 1.54) is 12.8 Å². The number of carbonyl (C=O) groups excluding carboxylic acids is 1. The number of carbonyl (C=O) groups is 1. The van der Waals surface area contributed by atoms with Gasteiger partial charge in [0.2, 0.25) is 5.91 Å². The summed E-state index contributed by atoms with van der Waals surface area (Å²) >= 11 is 0. The molecular weight excluding hydrogens is 314 g/mol. The number of aryl methyl sites for hydroxylation is 1. The molecular formula is C19H25N5O. The van der Waals surface area contributed by atoms with Crippen molar-refractivity contribution >= 4 is 5.91 Å². The Hall–Kier alpha value is -2.24. The van der Waals surface area contributed by atoms with E-state index in [1.807, 2.05) is 23.9 Å². The van der Waals surface area contributed by atoms with Crippen LogP contribution < -0.4 is 0 Å². The summed E-state index contributed by atoms with van der Waals surface area (Å²) in [6, 6.07) is 0. The van der Waals surface area contributed by atoms with Gasteiger partial charge in [-0.15, -0.1) is 0 Å². The van der Waals surface area contributed by atoms with Gasteiger partial charge in [0, 0.05) is 43.5 Å². The van der Waals surface area contributed by atoms with Gasteiger partial charge >= 0.3 is 0 Å². The lowest BCUT2D eigenvalue weighted by Gasteiger charge is -2.34. The van der Waals surface area contributed by atoms with Gasteiger partial charge in [0.05, 0.1) is 11.9 Å². The van der Waals surface area contributed by atoms with Crippen molar-refractivity contribution in [2.24, 2.45) is 5.92 Å². The molecule has 1 saturated heterocycles. The first kappa shape index (κ1) is 16.2. The number of hydrogen-bond acceptors (Lipinski definition) is 4. The van der Waals surface area contributed by atoms with E-state index in [0.29, 0.717) is 5.91 Å². The van der Waals surface area contributed by atoms with Crippen LogP contribution in [0, 0.1) is 12.8 Å². The third-order valence-electron chi connectivity index (χ3n) is 5.57. The molecule has 2 fully saturated rings. The minimum atomic E-state index is 0.254. The van der Waals surface area contributed by atoms with Crippen molar-refractivity contribution in [2.75, 3.05) is 13.1 Å². The lowest BCUT2D eigenvalue weighted by atomic mass is 9.93. The summed E-state index contributed by atoms with van der Waals surface area (Å²) in [5.74, 6) is 2.58. The highest BCUT2D eigenvalue weighted by Gasteiger charge is 2.31. The van der Waals surface area contributed by atoms with Gasteiger partial charge < -0.3 is 4.90 Å².